The maximum atomic E-state index is 12.2. The van der Waals surface area contributed by atoms with Crippen LogP contribution in [0.15, 0.2) is 41.2 Å². The van der Waals surface area contributed by atoms with Crippen molar-refractivity contribution in [3.8, 4) is 5.75 Å². The number of fused-ring (bicyclic) bond motifs is 1. The van der Waals surface area contributed by atoms with E-state index in [1.54, 1.807) is 13.2 Å². The Morgan fingerprint density at radius 1 is 1.27 bits per heavy atom. The Morgan fingerprint density at radius 2 is 2.04 bits per heavy atom. The number of carbonyl (C=O) groups is 1. The van der Waals surface area contributed by atoms with Gasteiger partial charge in [-0.25, -0.2) is 9.78 Å². The Balaban J connectivity index is 2.07. The number of hydrogen-bond donors (Lipinski definition) is 2. The van der Waals surface area contributed by atoms with Crippen molar-refractivity contribution in [3.63, 3.8) is 0 Å². The van der Waals surface area contributed by atoms with E-state index < -0.39 is 5.97 Å². The van der Waals surface area contributed by atoms with Gasteiger partial charge in [-0.2, -0.15) is 0 Å². The number of carboxylic acid groups (broad SMARTS) is 1. The number of methoxy groups -OCH3 is 1. The molecule has 1 heterocycles. The smallest absolute Gasteiger partial charge is 0.335 e. The second-order valence-corrected chi connectivity index (χ2v) is 6.08. The summed E-state index contributed by atoms with van der Waals surface area (Å²) >= 11 is 6.32. The second-order valence-electron chi connectivity index (χ2n) is 5.67. The molecule has 0 aliphatic rings. The fourth-order valence-corrected chi connectivity index (χ4v) is 2.81. The van der Waals surface area contributed by atoms with Gasteiger partial charge in [-0.05, 0) is 54.5 Å². The SMILES string of the molecule is COc1ccc(C=C(Cl)c2nc3cc(C(=O)O)ccc3c(=O)[nH]2)cc1C. The Bertz CT molecular complexity index is 1100. The molecule has 0 fully saturated rings. The van der Waals surface area contributed by atoms with E-state index in [0.717, 1.165) is 16.9 Å². The molecule has 132 valence electrons. The summed E-state index contributed by atoms with van der Waals surface area (Å²) in [4.78, 5) is 30.2. The minimum atomic E-state index is -1.09. The number of H-pyrrole nitrogens is 1. The molecule has 0 unspecified atom stereocenters. The fraction of sp³-hybridized carbons (Fsp3) is 0.105. The minimum absolute atomic E-state index is 0.0485. The van der Waals surface area contributed by atoms with E-state index in [2.05, 4.69) is 9.97 Å². The molecule has 0 spiro atoms. The lowest BCUT2D eigenvalue weighted by atomic mass is 10.1. The van der Waals surface area contributed by atoms with Crippen LogP contribution in [0.1, 0.15) is 27.3 Å². The van der Waals surface area contributed by atoms with Gasteiger partial charge in [0.15, 0.2) is 5.82 Å². The van der Waals surface area contributed by atoms with Crippen molar-refractivity contribution in [1.29, 1.82) is 0 Å². The largest absolute Gasteiger partial charge is 0.496 e. The molecule has 3 rings (SSSR count). The first-order valence-electron chi connectivity index (χ1n) is 7.68. The van der Waals surface area contributed by atoms with E-state index in [9.17, 15) is 9.59 Å². The van der Waals surface area contributed by atoms with Crippen LogP contribution in [-0.4, -0.2) is 28.2 Å². The first kappa shape index (κ1) is 17.7. The number of aromatic carboxylic acids is 1. The average Bonchev–Trinajstić information content (AvgIpc) is 2.61. The highest BCUT2D eigenvalue weighted by atomic mass is 35.5. The van der Waals surface area contributed by atoms with Crippen LogP contribution in [0, 0.1) is 6.92 Å². The normalized spacial score (nSPS) is 11.6. The van der Waals surface area contributed by atoms with Gasteiger partial charge < -0.3 is 14.8 Å². The van der Waals surface area contributed by atoms with Crippen molar-refractivity contribution in [2.45, 2.75) is 6.92 Å². The van der Waals surface area contributed by atoms with Crippen LogP contribution in [0.2, 0.25) is 0 Å². The summed E-state index contributed by atoms with van der Waals surface area (Å²) in [6.45, 7) is 1.91. The number of aromatic nitrogens is 2. The third-order valence-electron chi connectivity index (χ3n) is 3.89. The molecule has 0 radical (unpaired) electrons. The third-order valence-corrected chi connectivity index (χ3v) is 4.18. The van der Waals surface area contributed by atoms with E-state index in [4.69, 9.17) is 21.4 Å². The van der Waals surface area contributed by atoms with Crippen LogP contribution < -0.4 is 10.3 Å². The van der Waals surface area contributed by atoms with E-state index in [1.807, 2.05) is 25.1 Å². The van der Waals surface area contributed by atoms with Gasteiger partial charge in [-0.1, -0.05) is 17.7 Å². The number of aryl methyl sites for hydroxylation is 1. The molecule has 0 bridgehead atoms. The molecule has 0 aliphatic carbocycles. The standard InChI is InChI=1S/C19H15ClN2O4/c1-10-7-11(3-6-16(10)26-2)8-14(20)17-21-15-9-12(19(24)25)4-5-13(15)18(23)22-17/h3-9H,1-2H3,(H,24,25)(H,21,22,23). The molecular formula is C19H15ClN2O4. The summed E-state index contributed by atoms with van der Waals surface area (Å²) in [5, 5.41) is 9.62. The maximum Gasteiger partial charge on any atom is 0.335 e. The second kappa shape index (κ2) is 7.01. The lowest BCUT2D eigenvalue weighted by Crippen LogP contribution is -2.11. The number of nitrogens with one attached hydrogen (secondary N) is 1. The number of ether oxygens (including phenoxy) is 1. The molecule has 1 aromatic heterocycles. The monoisotopic (exact) mass is 370 g/mol. The number of carboxylic acids is 1. The molecule has 0 saturated heterocycles. The van der Waals surface area contributed by atoms with Gasteiger partial charge >= 0.3 is 5.97 Å². The number of hydrogen-bond acceptors (Lipinski definition) is 4. The molecular weight excluding hydrogens is 356 g/mol. The van der Waals surface area contributed by atoms with Crippen LogP contribution in [-0.2, 0) is 0 Å². The number of benzene rings is 2. The van der Waals surface area contributed by atoms with Crippen molar-refractivity contribution >= 4 is 39.6 Å². The Hall–Kier alpha value is -3.12. The number of nitrogens with zero attached hydrogens (tertiary/aromatic N) is 1. The minimum Gasteiger partial charge on any atom is -0.496 e. The summed E-state index contributed by atoms with van der Waals surface area (Å²) in [5.74, 6) is -0.164. The van der Waals surface area contributed by atoms with Crippen molar-refractivity contribution in [2.24, 2.45) is 0 Å². The van der Waals surface area contributed by atoms with E-state index in [1.165, 1.54) is 18.2 Å². The highest BCUT2D eigenvalue weighted by Gasteiger charge is 2.10. The van der Waals surface area contributed by atoms with E-state index >= 15 is 0 Å². The fourth-order valence-electron chi connectivity index (χ4n) is 2.59. The number of halogens is 1. The lowest BCUT2D eigenvalue weighted by Gasteiger charge is -2.06. The van der Waals surface area contributed by atoms with Gasteiger partial charge in [-0.3, -0.25) is 4.79 Å². The topological polar surface area (TPSA) is 92.3 Å². The Morgan fingerprint density at radius 3 is 2.69 bits per heavy atom. The van der Waals surface area contributed by atoms with E-state index in [-0.39, 0.29) is 27.5 Å². The first-order chi connectivity index (χ1) is 12.4. The molecule has 7 heteroatoms. The van der Waals surface area contributed by atoms with Crippen molar-refractivity contribution in [1.82, 2.24) is 9.97 Å². The highest BCUT2D eigenvalue weighted by molar-refractivity contribution is 6.50. The predicted octanol–water partition coefficient (Wildman–Crippen LogP) is 3.68. The Kier molecular flexibility index (Phi) is 4.77. The van der Waals surface area contributed by atoms with E-state index in [0.29, 0.717) is 5.39 Å². The summed E-state index contributed by atoms with van der Waals surface area (Å²) in [5.41, 5.74) is 1.68. The molecule has 0 amide bonds. The van der Waals surface area contributed by atoms with Gasteiger partial charge in [-0.15, -0.1) is 0 Å². The summed E-state index contributed by atoms with van der Waals surface area (Å²) in [6, 6.07) is 9.68. The summed E-state index contributed by atoms with van der Waals surface area (Å²) < 4.78 is 5.22. The van der Waals surface area contributed by atoms with Crippen LogP contribution >= 0.6 is 11.6 Å². The van der Waals surface area contributed by atoms with Gasteiger partial charge in [0, 0.05) is 0 Å². The van der Waals surface area contributed by atoms with Crippen LogP contribution in [0.3, 0.4) is 0 Å². The zero-order valence-corrected chi connectivity index (χ0v) is 14.8. The molecule has 6 nitrogen and oxygen atoms in total. The zero-order chi connectivity index (χ0) is 18.8. The maximum absolute atomic E-state index is 12.2. The van der Waals surface area contributed by atoms with Crippen molar-refractivity contribution in [2.75, 3.05) is 7.11 Å². The Labute approximate surface area is 153 Å². The lowest BCUT2D eigenvalue weighted by molar-refractivity contribution is 0.0697. The van der Waals surface area contributed by atoms with Gasteiger partial charge in [0.25, 0.3) is 5.56 Å². The molecule has 26 heavy (non-hydrogen) atoms. The van der Waals surface area contributed by atoms with Crippen LogP contribution in [0.4, 0.5) is 0 Å². The molecule has 0 atom stereocenters. The quantitative estimate of drug-likeness (QED) is 0.730. The van der Waals surface area contributed by atoms with Crippen LogP contribution in [0.25, 0.3) is 22.0 Å². The first-order valence-corrected chi connectivity index (χ1v) is 8.06. The summed E-state index contributed by atoms with van der Waals surface area (Å²) in [6.07, 6.45) is 1.67. The third kappa shape index (κ3) is 3.45. The van der Waals surface area contributed by atoms with Gasteiger partial charge in [0.1, 0.15) is 5.75 Å². The van der Waals surface area contributed by atoms with Crippen molar-refractivity contribution in [3.05, 3.63) is 69.3 Å². The van der Waals surface area contributed by atoms with Crippen molar-refractivity contribution < 1.29 is 14.6 Å². The molecule has 0 aliphatic heterocycles. The molecule has 2 aromatic carbocycles. The number of rotatable bonds is 4. The zero-order valence-electron chi connectivity index (χ0n) is 14.0. The molecule has 0 saturated carbocycles. The molecule has 3 aromatic rings. The summed E-state index contributed by atoms with van der Waals surface area (Å²) in [7, 11) is 1.60. The van der Waals surface area contributed by atoms with Gasteiger partial charge in [0.05, 0.1) is 28.6 Å². The highest BCUT2D eigenvalue weighted by Crippen LogP contribution is 2.24. The number of aromatic amines is 1. The van der Waals surface area contributed by atoms with Gasteiger partial charge in [0.2, 0.25) is 0 Å². The average molecular weight is 371 g/mol. The van der Waals surface area contributed by atoms with Crippen LogP contribution in [0.5, 0.6) is 5.75 Å². The molecule has 2 N–H and O–H groups in total. The predicted molar refractivity (Wildman–Crippen MR) is 101 cm³/mol.